The van der Waals surface area contributed by atoms with Crippen molar-refractivity contribution in [1.29, 1.82) is 0 Å². The summed E-state index contributed by atoms with van der Waals surface area (Å²) in [5, 5.41) is 10.4. The molecule has 4 heteroatoms. The smallest absolute Gasteiger partial charge is 0.227 e. The van der Waals surface area contributed by atoms with Crippen LogP contribution in [0.3, 0.4) is 0 Å². The minimum atomic E-state index is -0.173. The number of carbonyl (C=O) groups excluding carboxylic acids is 1. The molecule has 0 aromatic heterocycles. The molecular formula is C17H33N3O. The van der Waals surface area contributed by atoms with E-state index in [4.69, 9.17) is 0 Å². The molecule has 0 spiro atoms. The number of amides is 1. The van der Waals surface area contributed by atoms with Crippen molar-refractivity contribution in [3.8, 4) is 0 Å². The molecule has 2 fully saturated rings. The van der Waals surface area contributed by atoms with Crippen LogP contribution in [-0.2, 0) is 4.79 Å². The lowest BCUT2D eigenvalue weighted by Crippen LogP contribution is -2.63. The van der Waals surface area contributed by atoms with Crippen LogP contribution in [0, 0.1) is 5.41 Å². The summed E-state index contributed by atoms with van der Waals surface area (Å²) in [5.74, 6) is 0.271. The maximum absolute atomic E-state index is 12.9. The molecule has 4 nitrogen and oxygen atoms in total. The molecule has 1 amide bonds. The van der Waals surface area contributed by atoms with Crippen LogP contribution in [0.4, 0.5) is 0 Å². The molecule has 2 heterocycles. The van der Waals surface area contributed by atoms with Crippen LogP contribution in [0.2, 0.25) is 0 Å². The van der Waals surface area contributed by atoms with Gasteiger partial charge in [-0.2, -0.15) is 0 Å². The van der Waals surface area contributed by atoms with E-state index in [0.717, 1.165) is 45.2 Å². The van der Waals surface area contributed by atoms with Crippen molar-refractivity contribution < 1.29 is 4.79 Å². The summed E-state index contributed by atoms with van der Waals surface area (Å²) in [6, 6.07) is 0.276. The highest BCUT2D eigenvalue weighted by Crippen LogP contribution is 2.33. The summed E-state index contributed by atoms with van der Waals surface area (Å²) in [5.41, 5.74) is -0.0228. The van der Waals surface area contributed by atoms with Gasteiger partial charge in [-0.1, -0.05) is 13.3 Å². The molecule has 0 bridgehead atoms. The van der Waals surface area contributed by atoms with E-state index in [1.165, 1.54) is 0 Å². The van der Waals surface area contributed by atoms with Gasteiger partial charge in [-0.25, -0.2) is 0 Å². The van der Waals surface area contributed by atoms with Gasteiger partial charge in [-0.3, -0.25) is 4.79 Å². The van der Waals surface area contributed by atoms with Gasteiger partial charge in [0, 0.05) is 23.7 Å². The number of piperidine rings is 1. The number of carbonyl (C=O) groups is 1. The maximum Gasteiger partial charge on any atom is 0.227 e. The van der Waals surface area contributed by atoms with Crippen LogP contribution in [0.15, 0.2) is 0 Å². The van der Waals surface area contributed by atoms with Crippen molar-refractivity contribution >= 4 is 5.91 Å². The van der Waals surface area contributed by atoms with E-state index in [1.54, 1.807) is 0 Å². The third kappa shape index (κ3) is 3.98. The lowest BCUT2D eigenvalue weighted by atomic mass is 9.77. The highest BCUT2D eigenvalue weighted by molar-refractivity contribution is 5.83. The van der Waals surface area contributed by atoms with E-state index in [0.29, 0.717) is 0 Å². The summed E-state index contributed by atoms with van der Waals surface area (Å²) in [6.45, 7) is 12.9. The van der Waals surface area contributed by atoms with Crippen molar-refractivity contribution in [2.75, 3.05) is 13.1 Å². The summed E-state index contributed by atoms with van der Waals surface area (Å²) >= 11 is 0. The fourth-order valence-corrected chi connectivity index (χ4v) is 4.51. The van der Waals surface area contributed by atoms with Crippen molar-refractivity contribution in [2.45, 2.75) is 83.8 Å². The van der Waals surface area contributed by atoms with Gasteiger partial charge in [-0.05, 0) is 59.9 Å². The van der Waals surface area contributed by atoms with Crippen LogP contribution in [0.25, 0.3) is 0 Å². The topological polar surface area (TPSA) is 53.2 Å². The van der Waals surface area contributed by atoms with Gasteiger partial charge in [0.2, 0.25) is 5.91 Å². The van der Waals surface area contributed by atoms with Crippen LogP contribution < -0.4 is 16.0 Å². The standard InChI is InChI=1S/C17H33N3O/c1-6-7-17(8-9-18-12-17)14(21)19-13-10-15(2,3)20-16(4,5)11-13/h13,18,20H,6-12H2,1-5H3,(H,19,21). The second kappa shape index (κ2) is 5.88. The van der Waals surface area contributed by atoms with E-state index in [2.05, 4.69) is 50.6 Å². The van der Waals surface area contributed by atoms with E-state index >= 15 is 0 Å². The first-order valence-electron chi connectivity index (χ1n) is 8.49. The molecule has 0 saturated carbocycles. The molecule has 2 aliphatic rings. The van der Waals surface area contributed by atoms with Crippen LogP contribution in [-0.4, -0.2) is 36.1 Å². The Labute approximate surface area is 129 Å². The highest BCUT2D eigenvalue weighted by atomic mass is 16.2. The Hall–Kier alpha value is -0.610. The number of hydrogen-bond donors (Lipinski definition) is 3. The van der Waals surface area contributed by atoms with Crippen molar-refractivity contribution in [1.82, 2.24) is 16.0 Å². The maximum atomic E-state index is 12.9. The fourth-order valence-electron chi connectivity index (χ4n) is 4.51. The Kier molecular flexibility index (Phi) is 4.69. The molecule has 0 aliphatic carbocycles. The minimum Gasteiger partial charge on any atom is -0.353 e. The Morgan fingerprint density at radius 3 is 2.29 bits per heavy atom. The number of rotatable bonds is 4. The second-order valence-electron chi connectivity index (χ2n) is 8.43. The van der Waals surface area contributed by atoms with E-state index < -0.39 is 0 Å². The summed E-state index contributed by atoms with van der Waals surface area (Å²) in [6.07, 6.45) is 5.03. The fraction of sp³-hybridized carbons (Fsp3) is 0.941. The molecule has 122 valence electrons. The molecule has 0 aromatic carbocycles. The monoisotopic (exact) mass is 295 g/mol. The van der Waals surface area contributed by atoms with Gasteiger partial charge in [0.15, 0.2) is 0 Å². The van der Waals surface area contributed by atoms with Gasteiger partial charge >= 0.3 is 0 Å². The Morgan fingerprint density at radius 2 is 1.81 bits per heavy atom. The molecule has 3 N–H and O–H groups in total. The van der Waals surface area contributed by atoms with Crippen LogP contribution in [0.5, 0.6) is 0 Å². The SMILES string of the molecule is CCCC1(C(=O)NC2CC(C)(C)NC(C)(C)C2)CCNC1. The van der Waals surface area contributed by atoms with Gasteiger partial charge in [0.1, 0.15) is 0 Å². The first kappa shape index (κ1) is 16.8. The lowest BCUT2D eigenvalue weighted by Gasteiger charge is -2.47. The Bertz CT molecular complexity index is 367. The molecule has 2 rings (SSSR count). The summed E-state index contributed by atoms with van der Waals surface area (Å²) in [7, 11) is 0. The normalized spacial score (nSPS) is 32.0. The lowest BCUT2D eigenvalue weighted by molar-refractivity contribution is -0.131. The predicted octanol–water partition coefficient (Wildman–Crippen LogP) is 2.19. The molecule has 0 radical (unpaired) electrons. The van der Waals surface area contributed by atoms with Crippen LogP contribution >= 0.6 is 0 Å². The molecular weight excluding hydrogens is 262 g/mol. The largest absolute Gasteiger partial charge is 0.353 e. The minimum absolute atomic E-state index is 0.0749. The van der Waals surface area contributed by atoms with Gasteiger partial charge in [0.05, 0.1) is 5.41 Å². The molecule has 2 saturated heterocycles. The average Bonchev–Trinajstić information content (AvgIpc) is 2.74. The van der Waals surface area contributed by atoms with Gasteiger partial charge in [0.25, 0.3) is 0 Å². The Morgan fingerprint density at radius 1 is 1.19 bits per heavy atom. The van der Waals surface area contributed by atoms with Gasteiger partial charge < -0.3 is 16.0 Å². The van der Waals surface area contributed by atoms with E-state index in [1.807, 2.05) is 0 Å². The van der Waals surface area contributed by atoms with Gasteiger partial charge in [-0.15, -0.1) is 0 Å². The number of hydrogen-bond acceptors (Lipinski definition) is 3. The average molecular weight is 295 g/mol. The predicted molar refractivity (Wildman–Crippen MR) is 87.3 cm³/mol. The van der Waals surface area contributed by atoms with Crippen molar-refractivity contribution in [3.05, 3.63) is 0 Å². The zero-order chi connectivity index (χ0) is 15.7. The molecule has 0 aromatic rings. The summed E-state index contributed by atoms with van der Waals surface area (Å²) in [4.78, 5) is 12.9. The quantitative estimate of drug-likeness (QED) is 0.745. The first-order valence-corrected chi connectivity index (χ1v) is 8.49. The third-order valence-electron chi connectivity index (χ3n) is 4.98. The first-order chi connectivity index (χ1) is 9.68. The van der Waals surface area contributed by atoms with Crippen molar-refractivity contribution in [2.24, 2.45) is 5.41 Å². The van der Waals surface area contributed by atoms with E-state index in [9.17, 15) is 4.79 Å². The molecule has 21 heavy (non-hydrogen) atoms. The number of nitrogens with one attached hydrogen (secondary N) is 3. The van der Waals surface area contributed by atoms with Crippen LogP contribution in [0.1, 0.15) is 66.7 Å². The molecule has 1 atom stereocenters. The van der Waals surface area contributed by atoms with Crippen molar-refractivity contribution in [3.63, 3.8) is 0 Å². The zero-order valence-electron chi connectivity index (χ0n) is 14.4. The third-order valence-corrected chi connectivity index (χ3v) is 4.98. The Balaban J connectivity index is 2.04. The summed E-state index contributed by atoms with van der Waals surface area (Å²) < 4.78 is 0. The second-order valence-corrected chi connectivity index (χ2v) is 8.43. The zero-order valence-corrected chi connectivity index (χ0v) is 14.4. The van der Waals surface area contributed by atoms with E-state index in [-0.39, 0.29) is 28.4 Å². The highest BCUT2D eigenvalue weighted by Gasteiger charge is 2.43. The molecule has 2 aliphatic heterocycles. The molecule has 1 unspecified atom stereocenters.